The molecule has 0 bridgehead atoms. The molecule has 1 aromatic rings. The molecule has 6 heteroatoms. The number of hydrogen-bond donors (Lipinski definition) is 2. The Bertz CT molecular complexity index is 451. The molecule has 4 nitrogen and oxygen atoms in total. The van der Waals surface area contributed by atoms with Crippen LogP contribution in [-0.4, -0.2) is 36.1 Å². The highest BCUT2D eigenvalue weighted by molar-refractivity contribution is 6.35. The first-order valence-electron chi connectivity index (χ1n) is 6.22. The lowest BCUT2D eigenvalue weighted by molar-refractivity contribution is 0.176. The zero-order chi connectivity index (χ0) is 14.0. The molecule has 2 amide bonds. The van der Waals surface area contributed by atoms with E-state index in [2.05, 4.69) is 24.5 Å². The first kappa shape index (κ1) is 14.4. The zero-order valence-electron chi connectivity index (χ0n) is 10.9. The number of piperazine rings is 1. The molecule has 0 aromatic heterocycles. The van der Waals surface area contributed by atoms with Gasteiger partial charge in [-0.15, -0.1) is 0 Å². The van der Waals surface area contributed by atoms with Crippen molar-refractivity contribution >= 4 is 34.9 Å². The fraction of sp³-hybridized carbons (Fsp3) is 0.462. The summed E-state index contributed by atoms with van der Waals surface area (Å²) in [6.45, 7) is 5.49. The molecule has 19 heavy (non-hydrogen) atoms. The predicted molar refractivity (Wildman–Crippen MR) is 79.1 cm³/mol. The summed E-state index contributed by atoms with van der Waals surface area (Å²) in [4.78, 5) is 14.0. The maximum Gasteiger partial charge on any atom is 0.321 e. The molecule has 0 aliphatic carbocycles. The smallest absolute Gasteiger partial charge is 0.321 e. The average Bonchev–Trinajstić information content (AvgIpc) is 2.25. The van der Waals surface area contributed by atoms with Crippen LogP contribution in [0.15, 0.2) is 18.2 Å². The van der Waals surface area contributed by atoms with Crippen LogP contribution in [0.3, 0.4) is 0 Å². The van der Waals surface area contributed by atoms with E-state index in [4.69, 9.17) is 23.2 Å². The number of anilines is 1. The van der Waals surface area contributed by atoms with Crippen molar-refractivity contribution in [2.24, 2.45) is 0 Å². The summed E-state index contributed by atoms with van der Waals surface area (Å²) in [7, 11) is 0. The third-order valence-corrected chi connectivity index (χ3v) is 3.40. The second kappa shape index (κ2) is 5.99. The van der Waals surface area contributed by atoms with Crippen LogP contribution in [0, 0.1) is 0 Å². The Morgan fingerprint density at radius 3 is 2.26 bits per heavy atom. The molecule has 104 valence electrons. The Morgan fingerprint density at radius 1 is 1.21 bits per heavy atom. The fourth-order valence-electron chi connectivity index (χ4n) is 2.32. The normalized spacial score (nSPS) is 23.3. The van der Waals surface area contributed by atoms with Crippen molar-refractivity contribution in [2.45, 2.75) is 25.9 Å². The molecule has 0 saturated carbocycles. The lowest BCUT2D eigenvalue weighted by Crippen LogP contribution is -2.56. The van der Waals surface area contributed by atoms with Crippen LogP contribution < -0.4 is 10.6 Å². The van der Waals surface area contributed by atoms with Crippen molar-refractivity contribution in [2.75, 3.05) is 18.4 Å². The summed E-state index contributed by atoms with van der Waals surface area (Å²) >= 11 is 11.8. The van der Waals surface area contributed by atoms with Gasteiger partial charge < -0.3 is 15.5 Å². The van der Waals surface area contributed by atoms with Crippen molar-refractivity contribution in [1.29, 1.82) is 0 Å². The number of halogens is 2. The molecule has 1 aliphatic heterocycles. The van der Waals surface area contributed by atoms with E-state index in [1.165, 1.54) is 0 Å². The van der Waals surface area contributed by atoms with Crippen molar-refractivity contribution < 1.29 is 4.79 Å². The van der Waals surface area contributed by atoms with Crippen LogP contribution in [-0.2, 0) is 0 Å². The van der Waals surface area contributed by atoms with E-state index in [0.29, 0.717) is 28.8 Å². The maximum atomic E-state index is 12.2. The summed E-state index contributed by atoms with van der Waals surface area (Å²) in [6, 6.07) is 5.45. The molecular weight excluding hydrogens is 285 g/mol. The third kappa shape index (κ3) is 4.00. The molecule has 1 aliphatic rings. The average molecular weight is 302 g/mol. The number of nitrogens with one attached hydrogen (secondary N) is 2. The van der Waals surface area contributed by atoms with Crippen molar-refractivity contribution in [3.63, 3.8) is 0 Å². The van der Waals surface area contributed by atoms with Crippen LogP contribution in [0.1, 0.15) is 13.8 Å². The molecule has 2 unspecified atom stereocenters. The molecular formula is C13H17Cl2N3O. The Hall–Kier alpha value is -0.970. The van der Waals surface area contributed by atoms with Gasteiger partial charge in [0.05, 0.1) is 0 Å². The lowest BCUT2D eigenvalue weighted by atomic mass is 10.1. The van der Waals surface area contributed by atoms with Crippen LogP contribution >= 0.6 is 23.2 Å². The molecule has 1 heterocycles. The topological polar surface area (TPSA) is 44.4 Å². The minimum atomic E-state index is -0.126. The standard InChI is InChI=1S/C13H17Cl2N3O/c1-8-6-18(7-9(2)16-8)13(19)17-12-4-10(14)3-11(15)5-12/h3-5,8-9,16H,6-7H2,1-2H3,(H,17,19). The number of urea groups is 1. The Morgan fingerprint density at radius 2 is 1.74 bits per heavy atom. The van der Waals surface area contributed by atoms with Crippen LogP contribution in [0.4, 0.5) is 10.5 Å². The highest BCUT2D eigenvalue weighted by Crippen LogP contribution is 2.22. The van der Waals surface area contributed by atoms with E-state index < -0.39 is 0 Å². The van der Waals surface area contributed by atoms with E-state index in [1.807, 2.05) is 0 Å². The minimum absolute atomic E-state index is 0.126. The van der Waals surface area contributed by atoms with E-state index in [0.717, 1.165) is 0 Å². The Balaban J connectivity index is 2.04. The predicted octanol–water partition coefficient (Wildman–Crippen LogP) is 3.21. The van der Waals surface area contributed by atoms with Gasteiger partial charge in [-0.05, 0) is 32.0 Å². The number of hydrogen-bond acceptors (Lipinski definition) is 2. The molecule has 1 aromatic carbocycles. The third-order valence-electron chi connectivity index (χ3n) is 2.96. The highest BCUT2D eigenvalue weighted by Gasteiger charge is 2.24. The van der Waals surface area contributed by atoms with Gasteiger partial charge in [-0.3, -0.25) is 0 Å². The van der Waals surface area contributed by atoms with Gasteiger partial charge in [0.25, 0.3) is 0 Å². The van der Waals surface area contributed by atoms with E-state index in [9.17, 15) is 4.79 Å². The first-order valence-corrected chi connectivity index (χ1v) is 6.97. The number of carbonyl (C=O) groups is 1. The molecule has 1 saturated heterocycles. The van der Waals surface area contributed by atoms with Gasteiger partial charge in [0.2, 0.25) is 0 Å². The SMILES string of the molecule is CC1CN(C(=O)Nc2cc(Cl)cc(Cl)c2)CC(C)N1. The summed E-state index contributed by atoms with van der Waals surface area (Å²) < 4.78 is 0. The summed E-state index contributed by atoms with van der Waals surface area (Å²) in [5, 5.41) is 7.22. The van der Waals surface area contributed by atoms with Crippen molar-refractivity contribution in [1.82, 2.24) is 10.2 Å². The summed E-state index contributed by atoms with van der Waals surface area (Å²) in [5.41, 5.74) is 0.612. The van der Waals surface area contributed by atoms with Gasteiger partial charge in [0.1, 0.15) is 0 Å². The van der Waals surface area contributed by atoms with E-state index >= 15 is 0 Å². The van der Waals surface area contributed by atoms with Gasteiger partial charge >= 0.3 is 6.03 Å². The minimum Gasteiger partial charge on any atom is -0.321 e. The molecule has 0 spiro atoms. The molecule has 0 radical (unpaired) electrons. The molecule has 2 atom stereocenters. The summed E-state index contributed by atoms with van der Waals surface area (Å²) in [5.74, 6) is 0. The first-order chi connectivity index (χ1) is 8.94. The van der Waals surface area contributed by atoms with Crippen LogP contribution in [0.5, 0.6) is 0 Å². The Kier molecular flexibility index (Phi) is 4.55. The highest BCUT2D eigenvalue weighted by atomic mass is 35.5. The largest absolute Gasteiger partial charge is 0.321 e. The van der Waals surface area contributed by atoms with Gasteiger partial charge in [0, 0.05) is 40.9 Å². The lowest BCUT2D eigenvalue weighted by Gasteiger charge is -2.36. The number of rotatable bonds is 1. The Labute approximate surface area is 123 Å². The van der Waals surface area contributed by atoms with Crippen LogP contribution in [0.25, 0.3) is 0 Å². The molecule has 2 N–H and O–H groups in total. The number of nitrogens with zero attached hydrogens (tertiary/aromatic N) is 1. The molecule has 2 rings (SSSR count). The molecule has 1 fully saturated rings. The zero-order valence-corrected chi connectivity index (χ0v) is 12.4. The van der Waals surface area contributed by atoms with Gasteiger partial charge in [-0.1, -0.05) is 23.2 Å². The van der Waals surface area contributed by atoms with Crippen molar-refractivity contribution in [3.8, 4) is 0 Å². The second-order valence-electron chi connectivity index (χ2n) is 4.96. The monoisotopic (exact) mass is 301 g/mol. The van der Waals surface area contributed by atoms with Gasteiger partial charge in [0.15, 0.2) is 0 Å². The van der Waals surface area contributed by atoms with Crippen LogP contribution in [0.2, 0.25) is 10.0 Å². The van der Waals surface area contributed by atoms with E-state index in [1.54, 1.807) is 23.1 Å². The fourth-order valence-corrected chi connectivity index (χ4v) is 2.85. The van der Waals surface area contributed by atoms with Gasteiger partial charge in [-0.25, -0.2) is 4.79 Å². The quantitative estimate of drug-likeness (QED) is 0.836. The van der Waals surface area contributed by atoms with Gasteiger partial charge in [-0.2, -0.15) is 0 Å². The number of benzene rings is 1. The van der Waals surface area contributed by atoms with E-state index in [-0.39, 0.29) is 18.1 Å². The van der Waals surface area contributed by atoms with Crippen molar-refractivity contribution in [3.05, 3.63) is 28.2 Å². The number of amides is 2. The second-order valence-corrected chi connectivity index (χ2v) is 5.83. The number of carbonyl (C=O) groups excluding carboxylic acids is 1. The summed E-state index contributed by atoms with van der Waals surface area (Å²) in [6.07, 6.45) is 0. The maximum absolute atomic E-state index is 12.2.